The van der Waals surface area contributed by atoms with E-state index in [9.17, 15) is 13.2 Å². The number of benzene rings is 2. The number of aromatic amines is 1. The fourth-order valence-corrected chi connectivity index (χ4v) is 5.68. The van der Waals surface area contributed by atoms with Crippen LogP contribution in [0.15, 0.2) is 77.1 Å². The topological polar surface area (TPSA) is 82.3 Å². The minimum Gasteiger partial charge on any atom is -0.361 e. The van der Waals surface area contributed by atoms with Gasteiger partial charge in [0.15, 0.2) is 0 Å². The fraction of sp³-hybridized carbons (Fsp3) is 0.174. The summed E-state index contributed by atoms with van der Waals surface area (Å²) in [6.07, 6.45) is 1.97. The van der Waals surface area contributed by atoms with Gasteiger partial charge >= 0.3 is 0 Å². The SMILES string of the molecule is CN(CC(=O)NCC(c1cccs1)c1c[nH]c2ccccc12)S(=O)(=O)c1ccc(Cl)cc1. The van der Waals surface area contributed by atoms with Gasteiger partial charge in [0, 0.05) is 46.5 Å². The van der Waals surface area contributed by atoms with E-state index in [0.717, 1.165) is 25.6 Å². The summed E-state index contributed by atoms with van der Waals surface area (Å²) in [6, 6.07) is 17.9. The Morgan fingerprint density at radius 1 is 1.12 bits per heavy atom. The van der Waals surface area contributed by atoms with Crippen LogP contribution >= 0.6 is 22.9 Å². The molecule has 9 heteroatoms. The second kappa shape index (κ2) is 9.46. The van der Waals surface area contributed by atoms with E-state index in [4.69, 9.17) is 11.6 Å². The van der Waals surface area contributed by atoms with E-state index in [1.54, 1.807) is 11.3 Å². The molecule has 0 bridgehead atoms. The number of carbonyl (C=O) groups is 1. The summed E-state index contributed by atoms with van der Waals surface area (Å²) in [7, 11) is -2.40. The highest BCUT2D eigenvalue weighted by atomic mass is 35.5. The molecule has 1 atom stereocenters. The first-order valence-corrected chi connectivity index (χ1v) is 12.6. The van der Waals surface area contributed by atoms with Crippen molar-refractivity contribution in [3.8, 4) is 0 Å². The van der Waals surface area contributed by atoms with E-state index in [1.807, 2.05) is 41.9 Å². The number of para-hydroxylation sites is 1. The number of carbonyl (C=O) groups excluding carboxylic acids is 1. The van der Waals surface area contributed by atoms with E-state index < -0.39 is 10.0 Å². The molecular weight excluding hydrogens is 466 g/mol. The number of fused-ring (bicyclic) bond motifs is 1. The average molecular weight is 488 g/mol. The first-order chi connectivity index (χ1) is 15.4. The third kappa shape index (κ3) is 4.73. The summed E-state index contributed by atoms with van der Waals surface area (Å²) in [5, 5.41) is 6.46. The maximum absolute atomic E-state index is 12.7. The Morgan fingerprint density at radius 2 is 1.88 bits per heavy atom. The molecule has 1 unspecified atom stereocenters. The Bertz CT molecular complexity index is 1320. The van der Waals surface area contributed by atoms with E-state index in [2.05, 4.69) is 16.4 Å². The lowest BCUT2D eigenvalue weighted by molar-refractivity contribution is -0.121. The van der Waals surface area contributed by atoms with Crippen LogP contribution in [0, 0.1) is 0 Å². The molecule has 2 N–H and O–H groups in total. The van der Waals surface area contributed by atoms with E-state index in [-0.39, 0.29) is 23.3 Å². The maximum atomic E-state index is 12.7. The molecule has 32 heavy (non-hydrogen) atoms. The van der Waals surface area contributed by atoms with Crippen LogP contribution in [-0.2, 0) is 14.8 Å². The molecule has 166 valence electrons. The Balaban J connectivity index is 1.48. The van der Waals surface area contributed by atoms with Crippen LogP contribution in [0.5, 0.6) is 0 Å². The molecule has 0 radical (unpaired) electrons. The minimum absolute atomic E-state index is 0.0479. The number of likely N-dealkylation sites (N-methyl/N-ethyl adjacent to an activating group) is 1. The van der Waals surface area contributed by atoms with Crippen molar-refractivity contribution in [1.82, 2.24) is 14.6 Å². The van der Waals surface area contributed by atoms with Crippen LogP contribution < -0.4 is 5.32 Å². The Kier molecular flexibility index (Phi) is 6.66. The Morgan fingerprint density at radius 3 is 2.59 bits per heavy atom. The summed E-state index contributed by atoms with van der Waals surface area (Å²) >= 11 is 7.47. The first kappa shape index (κ1) is 22.5. The number of thiophene rings is 1. The summed E-state index contributed by atoms with van der Waals surface area (Å²) < 4.78 is 26.5. The van der Waals surface area contributed by atoms with Crippen LogP contribution in [0.2, 0.25) is 5.02 Å². The number of H-pyrrole nitrogens is 1. The molecular formula is C23H22ClN3O3S2. The van der Waals surface area contributed by atoms with Gasteiger partial charge < -0.3 is 10.3 Å². The highest BCUT2D eigenvalue weighted by molar-refractivity contribution is 7.89. The quantitative estimate of drug-likeness (QED) is 0.385. The number of aromatic nitrogens is 1. The number of hydrogen-bond acceptors (Lipinski definition) is 4. The van der Waals surface area contributed by atoms with Gasteiger partial charge in [-0.25, -0.2) is 8.42 Å². The Labute approximate surface area is 195 Å². The van der Waals surface area contributed by atoms with Gasteiger partial charge in [0.05, 0.1) is 11.4 Å². The summed E-state index contributed by atoms with van der Waals surface area (Å²) in [4.78, 5) is 17.2. The van der Waals surface area contributed by atoms with Crippen molar-refractivity contribution in [3.63, 3.8) is 0 Å². The number of amides is 1. The van der Waals surface area contributed by atoms with Crippen molar-refractivity contribution in [2.75, 3.05) is 20.1 Å². The van der Waals surface area contributed by atoms with Crippen molar-refractivity contribution < 1.29 is 13.2 Å². The number of hydrogen-bond donors (Lipinski definition) is 2. The minimum atomic E-state index is -3.79. The third-order valence-electron chi connectivity index (χ3n) is 5.27. The van der Waals surface area contributed by atoms with Crippen molar-refractivity contribution in [2.45, 2.75) is 10.8 Å². The van der Waals surface area contributed by atoms with Gasteiger partial charge in [-0.3, -0.25) is 4.79 Å². The molecule has 2 aromatic heterocycles. The highest BCUT2D eigenvalue weighted by Gasteiger charge is 2.24. The zero-order valence-electron chi connectivity index (χ0n) is 17.3. The van der Waals surface area contributed by atoms with Crippen LogP contribution in [-0.4, -0.2) is 43.8 Å². The maximum Gasteiger partial charge on any atom is 0.243 e. The highest BCUT2D eigenvalue weighted by Crippen LogP contribution is 2.32. The van der Waals surface area contributed by atoms with E-state index in [0.29, 0.717) is 11.6 Å². The third-order valence-corrected chi connectivity index (χ3v) is 8.33. The average Bonchev–Trinajstić information content (AvgIpc) is 3.45. The summed E-state index contributed by atoms with van der Waals surface area (Å²) in [5.74, 6) is -0.417. The monoisotopic (exact) mass is 487 g/mol. The van der Waals surface area contributed by atoms with Crippen molar-refractivity contribution in [1.29, 1.82) is 0 Å². The van der Waals surface area contributed by atoms with Crippen molar-refractivity contribution in [3.05, 3.63) is 87.7 Å². The number of nitrogens with one attached hydrogen (secondary N) is 2. The van der Waals surface area contributed by atoms with Gasteiger partial charge in [0.25, 0.3) is 0 Å². The number of rotatable bonds is 8. The molecule has 4 aromatic rings. The van der Waals surface area contributed by atoms with Crippen LogP contribution in [0.4, 0.5) is 0 Å². The smallest absolute Gasteiger partial charge is 0.243 e. The molecule has 0 saturated heterocycles. The number of nitrogens with zero attached hydrogens (tertiary/aromatic N) is 1. The standard InChI is InChI=1S/C23H22ClN3O3S2/c1-27(32(29,30)17-10-8-16(24)9-11-17)15-23(28)26-14-20(22-7-4-12-31-22)19-13-25-21-6-3-2-5-18(19)21/h2-13,20,25H,14-15H2,1H3,(H,26,28). The molecule has 0 saturated carbocycles. The second-order valence-electron chi connectivity index (χ2n) is 7.38. The zero-order valence-corrected chi connectivity index (χ0v) is 19.7. The number of sulfonamides is 1. The fourth-order valence-electron chi connectivity index (χ4n) is 3.58. The predicted molar refractivity (Wildman–Crippen MR) is 129 cm³/mol. The lowest BCUT2D eigenvalue weighted by atomic mass is 9.96. The normalized spacial score (nSPS) is 12.8. The molecule has 0 spiro atoms. The van der Waals surface area contributed by atoms with Crippen molar-refractivity contribution in [2.24, 2.45) is 0 Å². The van der Waals surface area contributed by atoms with Crippen LogP contribution in [0.25, 0.3) is 10.9 Å². The molecule has 0 aliphatic heterocycles. The zero-order chi connectivity index (χ0) is 22.7. The number of halogens is 1. The molecule has 0 fully saturated rings. The van der Waals surface area contributed by atoms with Gasteiger partial charge in [-0.15, -0.1) is 11.3 Å². The van der Waals surface area contributed by atoms with Crippen molar-refractivity contribution >= 4 is 49.8 Å². The second-order valence-corrected chi connectivity index (χ2v) is 10.8. The van der Waals surface area contributed by atoms with Crippen LogP contribution in [0.3, 0.4) is 0 Å². The summed E-state index contributed by atoms with van der Waals surface area (Å²) in [6.45, 7) is 0.0754. The van der Waals surface area contributed by atoms with Gasteiger partial charge in [-0.05, 0) is 47.3 Å². The molecule has 0 aliphatic carbocycles. The molecule has 2 heterocycles. The largest absolute Gasteiger partial charge is 0.361 e. The molecule has 6 nitrogen and oxygen atoms in total. The lowest BCUT2D eigenvalue weighted by Gasteiger charge is -2.19. The van der Waals surface area contributed by atoms with Gasteiger partial charge in [0.1, 0.15) is 0 Å². The summed E-state index contributed by atoms with van der Waals surface area (Å²) in [5.41, 5.74) is 2.12. The van der Waals surface area contributed by atoms with Crippen LogP contribution in [0.1, 0.15) is 16.4 Å². The molecule has 0 aliphatic rings. The first-order valence-electron chi connectivity index (χ1n) is 9.94. The lowest BCUT2D eigenvalue weighted by Crippen LogP contribution is -2.39. The molecule has 2 aromatic carbocycles. The molecule has 4 rings (SSSR count). The van der Waals surface area contributed by atoms with Gasteiger partial charge in [0.2, 0.25) is 15.9 Å². The van der Waals surface area contributed by atoms with E-state index in [1.165, 1.54) is 31.3 Å². The van der Waals surface area contributed by atoms with Gasteiger partial charge in [-0.1, -0.05) is 35.9 Å². The molecule has 1 amide bonds. The van der Waals surface area contributed by atoms with Gasteiger partial charge in [-0.2, -0.15) is 4.31 Å². The predicted octanol–water partition coefficient (Wildman–Crippen LogP) is 4.45. The Hall–Kier alpha value is -2.65. The van der Waals surface area contributed by atoms with E-state index >= 15 is 0 Å².